The Balaban J connectivity index is 0.000000677. The van der Waals surface area contributed by atoms with E-state index < -0.39 is 0 Å². The fourth-order valence-corrected chi connectivity index (χ4v) is 1.78. The van der Waals surface area contributed by atoms with Gasteiger partial charge in [-0.25, -0.2) is 10.2 Å². The fraction of sp³-hybridized carbons (Fsp3) is 0.133. The van der Waals surface area contributed by atoms with Crippen molar-refractivity contribution in [2.75, 3.05) is 25.7 Å². The second-order valence-corrected chi connectivity index (χ2v) is 4.02. The largest absolute Gasteiger partial charge is 0.495 e. The maximum Gasteiger partial charge on any atom is 0.231 e. The summed E-state index contributed by atoms with van der Waals surface area (Å²) in [7, 11) is 3.19. The molecule has 0 saturated heterocycles. The molecule has 0 bridgehead atoms. The van der Waals surface area contributed by atoms with E-state index in [0.29, 0.717) is 22.9 Å². The molecule has 0 aliphatic rings. The molecular formula is C15H17N3O3. The van der Waals surface area contributed by atoms with Crippen molar-refractivity contribution in [1.29, 1.82) is 5.41 Å². The Kier molecular flexibility index (Phi) is 5.80. The molecule has 0 aliphatic heterocycles. The van der Waals surface area contributed by atoms with Gasteiger partial charge in [-0.2, -0.15) is 0 Å². The molecule has 0 atom stereocenters. The highest BCUT2D eigenvalue weighted by molar-refractivity contribution is 5.73. The van der Waals surface area contributed by atoms with Gasteiger partial charge in [0, 0.05) is 0 Å². The molecule has 0 spiro atoms. The Morgan fingerprint density at radius 2 is 1.24 bits per heavy atom. The maximum absolute atomic E-state index is 8.35. The van der Waals surface area contributed by atoms with Gasteiger partial charge in [0.2, 0.25) is 6.08 Å². The van der Waals surface area contributed by atoms with E-state index >= 15 is 0 Å². The molecule has 110 valence electrons. The summed E-state index contributed by atoms with van der Waals surface area (Å²) in [5.74, 6) is 1.31. The molecule has 0 unspecified atom stereocenters. The van der Waals surface area contributed by atoms with Crippen LogP contribution >= 0.6 is 0 Å². The number of anilines is 2. The zero-order valence-electron chi connectivity index (χ0n) is 11.8. The lowest BCUT2D eigenvalue weighted by molar-refractivity contribution is 0.416. The third kappa shape index (κ3) is 3.99. The number of benzene rings is 2. The second-order valence-electron chi connectivity index (χ2n) is 4.02. The standard InChI is InChI=1S/C14H16N2O2.CHNO/c1-17-13-7-9(3-5-11(13)15)10-4-6-12(16)14(8-10)18-2;2-1-3/h3-8H,15-16H2,1-2H3;2H. The Hall–Kier alpha value is -2.98. The second kappa shape index (κ2) is 7.57. The van der Waals surface area contributed by atoms with Crippen LogP contribution in [0.25, 0.3) is 11.1 Å². The van der Waals surface area contributed by atoms with Crippen LogP contribution in [0.2, 0.25) is 0 Å². The van der Waals surface area contributed by atoms with E-state index in [-0.39, 0.29) is 0 Å². The minimum absolute atomic E-state index is 0.615. The minimum atomic E-state index is 0.615. The molecule has 0 radical (unpaired) electrons. The van der Waals surface area contributed by atoms with E-state index in [1.165, 1.54) is 0 Å². The molecule has 21 heavy (non-hydrogen) atoms. The van der Waals surface area contributed by atoms with Crippen LogP contribution in [-0.4, -0.2) is 20.3 Å². The van der Waals surface area contributed by atoms with Gasteiger partial charge in [-0.3, -0.25) is 0 Å². The van der Waals surface area contributed by atoms with Gasteiger partial charge in [0.1, 0.15) is 11.5 Å². The summed E-state index contributed by atoms with van der Waals surface area (Å²) in [6.45, 7) is 0. The number of rotatable bonds is 3. The zero-order chi connectivity index (χ0) is 15.8. The monoisotopic (exact) mass is 287 g/mol. The van der Waals surface area contributed by atoms with E-state index in [9.17, 15) is 0 Å². The van der Waals surface area contributed by atoms with Gasteiger partial charge in [0.25, 0.3) is 0 Å². The topological polar surface area (TPSA) is 111 Å². The summed E-state index contributed by atoms with van der Waals surface area (Å²) in [6.07, 6.45) is 0.750. The molecule has 2 aromatic carbocycles. The lowest BCUT2D eigenvalue weighted by Gasteiger charge is -2.10. The summed E-state index contributed by atoms with van der Waals surface area (Å²) in [5, 5.41) is 5.40. The van der Waals surface area contributed by atoms with Crippen LogP contribution in [0.1, 0.15) is 0 Å². The van der Waals surface area contributed by atoms with Gasteiger partial charge in [-0.1, -0.05) is 12.1 Å². The van der Waals surface area contributed by atoms with E-state index in [0.717, 1.165) is 17.2 Å². The van der Waals surface area contributed by atoms with Crippen LogP contribution in [-0.2, 0) is 4.79 Å². The number of hydrogen-bond donors (Lipinski definition) is 3. The Morgan fingerprint density at radius 1 is 0.905 bits per heavy atom. The lowest BCUT2D eigenvalue weighted by Crippen LogP contribution is -1.94. The SMILES string of the molecule is COc1cc(-c2ccc(N)c(OC)c2)ccc1N.N=C=O. The van der Waals surface area contributed by atoms with Crippen molar-refractivity contribution in [3.63, 3.8) is 0 Å². The molecule has 2 rings (SSSR count). The first-order chi connectivity index (χ1) is 10.1. The first-order valence-corrected chi connectivity index (χ1v) is 5.98. The zero-order valence-corrected chi connectivity index (χ0v) is 11.8. The number of nitrogen functional groups attached to an aromatic ring is 2. The van der Waals surface area contributed by atoms with Crippen LogP contribution < -0.4 is 20.9 Å². The van der Waals surface area contributed by atoms with Gasteiger partial charge < -0.3 is 20.9 Å². The van der Waals surface area contributed by atoms with Gasteiger partial charge in [-0.15, -0.1) is 0 Å². The van der Waals surface area contributed by atoms with Crippen molar-refractivity contribution in [1.82, 2.24) is 0 Å². The molecule has 6 heteroatoms. The van der Waals surface area contributed by atoms with Crippen molar-refractivity contribution < 1.29 is 14.3 Å². The van der Waals surface area contributed by atoms with Crippen LogP contribution in [0.3, 0.4) is 0 Å². The van der Waals surface area contributed by atoms with Crippen LogP contribution in [0.15, 0.2) is 36.4 Å². The van der Waals surface area contributed by atoms with Crippen molar-refractivity contribution >= 4 is 17.5 Å². The molecule has 0 heterocycles. The van der Waals surface area contributed by atoms with Crippen molar-refractivity contribution in [3.05, 3.63) is 36.4 Å². The number of carbonyl (C=O) groups excluding carboxylic acids is 1. The number of isocyanates is 1. The summed E-state index contributed by atoms with van der Waals surface area (Å²) in [5.41, 5.74) is 14.8. The molecule has 5 N–H and O–H groups in total. The predicted octanol–water partition coefficient (Wildman–Crippen LogP) is 2.44. The Labute approximate surface area is 122 Å². The molecule has 0 aliphatic carbocycles. The third-order valence-electron chi connectivity index (χ3n) is 2.80. The number of nitrogens with two attached hydrogens (primary N) is 2. The average molecular weight is 287 g/mol. The highest BCUT2D eigenvalue weighted by Crippen LogP contribution is 2.32. The van der Waals surface area contributed by atoms with Gasteiger partial charge >= 0.3 is 0 Å². The molecule has 0 fully saturated rings. The van der Waals surface area contributed by atoms with Crippen LogP contribution in [0.4, 0.5) is 11.4 Å². The van der Waals surface area contributed by atoms with Crippen LogP contribution in [0.5, 0.6) is 11.5 Å². The predicted molar refractivity (Wildman–Crippen MR) is 82.2 cm³/mol. The highest BCUT2D eigenvalue weighted by Gasteiger charge is 2.06. The van der Waals surface area contributed by atoms with E-state index in [1.54, 1.807) is 14.2 Å². The average Bonchev–Trinajstić information content (AvgIpc) is 2.49. The molecule has 6 nitrogen and oxygen atoms in total. The molecule has 0 amide bonds. The summed E-state index contributed by atoms with van der Waals surface area (Å²) in [6, 6.07) is 11.3. The van der Waals surface area contributed by atoms with Gasteiger partial charge in [-0.05, 0) is 35.4 Å². The van der Waals surface area contributed by atoms with Gasteiger partial charge in [0.05, 0.1) is 25.6 Å². The molecule has 2 aromatic rings. The van der Waals surface area contributed by atoms with E-state index in [4.69, 9.17) is 31.1 Å². The Bertz CT molecular complexity index is 599. The molecular weight excluding hydrogens is 270 g/mol. The smallest absolute Gasteiger partial charge is 0.231 e. The minimum Gasteiger partial charge on any atom is -0.495 e. The quantitative estimate of drug-likeness (QED) is 0.456. The summed E-state index contributed by atoms with van der Waals surface area (Å²) in [4.78, 5) is 8.35. The highest BCUT2D eigenvalue weighted by atomic mass is 16.5. The summed E-state index contributed by atoms with van der Waals surface area (Å²) >= 11 is 0. The van der Waals surface area contributed by atoms with Crippen LogP contribution in [0, 0.1) is 5.41 Å². The fourth-order valence-electron chi connectivity index (χ4n) is 1.78. The van der Waals surface area contributed by atoms with E-state index in [1.807, 2.05) is 36.4 Å². The van der Waals surface area contributed by atoms with Gasteiger partial charge in [0.15, 0.2) is 0 Å². The third-order valence-corrected chi connectivity index (χ3v) is 2.80. The van der Waals surface area contributed by atoms with Crippen molar-refractivity contribution in [3.8, 4) is 22.6 Å². The first kappa shape index (κ1) is 16.1. The number of ether oxygens (including phenoxy) is 2. The maximum atomic E-state index is 8.35. The lowest BCUT2D eigenvalue weighted by atomic mass is 10.0. The van der Waals surface area contributed by atoms with Crippen molar-refractivity contribution in [2.45, 2.75) is 0 Å². The van der Waals surface area contributed by atoms with E-state index in [2.05, 4.69) is 0 Å². The normalized spacial score (nSPS) is 9.05. The summed E-state index contributed by atoms with van der Waals surface area (Å²) < 4.78 is 10.4. The number of methoxy groups -OCH3 is 2. The Morgan fingerprint density at radius 3 is 1.52 bits per heavy atom. The number of hydrogen-bond acceptors (Lipinski definition) is 6. The molecule has 0 saturated carbocycles. The first-order valence-electron chi connectivity index (χ1n) is 5.98. The van der Waals surface area contributed by atoms with Crippen molar-refractivity contribution in [2.24, 2.45) is 0 Å². The number of nitrogens with one attached hydrogen (secondary N) is 1. The molecule has 0 aromatic heterocycles.